The fourth-order valence-corrected chi connectivity index (χ4v) is 5.23. The van der Waals surface area contributed by atoms with Gasteiger partial charge in [-0.15, -0.1) is 0 Å². The quantitative estimate of drug-likeness (QED) is 0.423. The summed E-state index contributed by atoms with van der Waals surface area (Å²) in [5.41, 5.74) is 2.46. The predicted octanol–water partition coefficient (Wildman–Crippen LogP) is 3.66. The molecule has 0 spiro atoms. The van der Waals surface area contributed by atoms with Gasteiger partial charge in [0.1, 0.15) is 5.82 Å². The summed E-state index contributed by atoms with van der Waals surface area (Å²) in [6.07, 6.45) is 5.24. The molecule has 0 unspecified atom stereocenters. The van der Waals surface area contributed by atoms with Crippen LogP contribution in [0.25, 0.3) is 11.2 Å². The molecule has 3 aromatic heterocycles. The average molecular weight is 475 g/mol. The van der Waals surface area contributed by atoms with Gasteiger partial charge in [-0.05, 0) is 49.4 Å². The minimum absolute atomic E-state index is 0.318. The lowest BCUT2D eigenvalue weighted by Crippen LogP contribution is -2.31. The van der Waals surface area contributed by atoms with Crippen molar-refractivity contribution in [3.05, 3.63) is 86.6 Å². The zero-order chi connectivity index (χ0) is 24.5. The summed E-state index contributed by atoms with van der Waals surface area (Å²) in [6, 6.07) is 14.4. The molecule has 0 radical (unpaired) electrons. The Hall–Kier alpha value is -3.39. The summed E-state index contributed by atoms with van der Waals surface area (Å²) in [4.78, 5) is 35.9. The summed E-state index contributed by atoms with van der Waals surface area (Å²) < 4.78 is 5.84. The molecule has 1 fully saturated rings. The van der Waals surface area contributed by atoms with Gasteiger partial charge < -0.3 is 9.13 Å². The number of likely N-dealkylation sites (tertiary alicyclic amines) is 1. The van der Waals surface area contributed by atoms with Gasteiger partial charge in [-0.1, -0.05) is 44.2 Å². The fraction of sp³-hybridized carbons (Fsp3) is 0.444. The minimum atomic E-state index is -0.422. The lowest BCUT2D eigenvalue weighted by atomic mass is 10.1. The Balaban J connectivity index is 1.59. The third-order valence-corrected chi connectivity index (χ3v) is 7.11. The van der Waals surface area contributed by atoms with Crippen molar-refractivity contribution in [2.45, 2.75) is 58.8 Å². The molecule has 0 bridgehead atoms. The van der Waals surface area contributed by atoms with E-state index < -0.39 is 5.69 Å². The van der Waals surface area contributed by atoms with Crippen molar-refractivity contribution in [3.63, 3.8) is 0 Å². The van der Waals surface area contributed by atoms with Crippen LogP contribution in [-0.4, -0.2) is 35.1 Å². The van der Waals surface area contributed by atoms with Gasteiger partial charge >= 0.3 is 5.69 Å². The van der Waals surface area contributed by atoms with Gasteiger partial charge in [0.25, 0.3) is 5.56 Å². The number of hydrogen-bond donors (Lipinski definition) is 1. The number of rotatable bonds is 8. The smallest absolute Gasteiger partial charge is 0.330 e. The van der Waals surface area contributed by atoms with Gasteiger partial charge in [-0.3, -0.25) is 19.2 Å². The second kappa shape index (κ2) is 9.70. The number of aromatic amines is 1. The van der Waals surface area contributed by atoms with E-state index in [0.29, 0.717) is 42.8 Å². The molecule has 1 aromatic carbocycles. The molecule has 35 heavy (non-hydrogen) atoms. The normalized spacial score (nSPS) is 16.6. The van der Waals surface area contributed by atoms with Crippen molar-refractivity contribution in [2.24, 2.45) is 13.0 Å². The fourth-order valence-electron chi connectivity index (χ4n) is 5.23. The van der Waals surface area contributed by atoms with Crippen LogP contribution in [0.2, 0.25) is 0 Å². The van der Waals surface area contributed by atoms with Crippen LogP contribution in [0.4, 0.5) is 0 Å². The zero-order valence-corrected chi connectivity index (χ0v) is 20.8. The summed E-state index contributed by atoms with van der Waals surface area (Å²) in [5.74, 6) is 1.33. The molecule has 1 aliphatic heterocycles. The number of benzene rings is 1. The number of fused-ring (bicyclic) bond motifs is 1. The Morgan fingerprint density at radius 2 is 1.86 bits per heavy atom. The molecule has 4 aromatic rings. The maximum atomic E-state index is 13.1. The van der Waals surface area contributed by atoms with Crippen molar-refractivity contribution in [3.8, 4) is 0 Å². The number of H-pyrrole nitrogens is 1. The first-order chi connectivity index (χ1) is 16.9. The predicted molar refractivity (Wildman–Crippen MR) is 137 cm³/mol. The lowest BCUT2D eigenvalue weighted by Gasteiger charge is -2.25. The van der Waals surface area contributed by atoms with E-state index in [1.165, 1.54) is 5.69 Å². The van der Waals surface area contributed by atoms with E-state index in [1.807, 2.05) is 30.3 Å². The Morgan fingerprint density at radius 3 is 2.57 bits per heavy atom. The van der Waals surface area contributed by atoms with Gasteiger partial charge in [-0.2, -0.15) is 0 Å². The van der Waals surface area contributed by atoms with Crippen LogP contribution < -0.4 is 11.2 Å². The first-order valence-electron chi connectivity index (χ1n) is 12.5. The van der Waals surface area contributed by atoms with E-state index in [4.69, 9.17) is 4.98 Å². The number of imidazole rings is 1. The third-order valence-electron chi connectivity index (χ3n) is 7.11. The maximum Gasteiger partial charge on any atom is 0.330 e. The molecule has 4 heterocycles. The maximum absolute atomic E-state index is 13.1. The van der Waals surface area contributed by atoms with Crippen LogP contribution in [0.15, 0.2) is 58.3 Å². The van der Waals surface area contributed by atoms with Crippen molar-refractivity contribution in [2.75, 3.05) is 6.54 Å². The van der Waals surface area contributed by atoms with E-state index in [0.717, 1.165) is 37.2 Å². The van der Waals surface area contributed by atoms with Gasteiger partial charge in [0, 0.05) is 25.5 Å². The Kier molecular flexibility index (Phi) is 6.47. The highest BCUT2D eigenvalue weighted by Crippen LogP contribution is 2.33. The van der Waals surface area contributed by atoms with Gasteiger partial charge in [0.05, 0.1) is 19.1 Å². The van der Waals surface area contributed by atoms with Gasteiger partial charge in [0.15, 0.2) is 11.2 Å². The van der Waals surface area contributed by atoms with Crippen molar-refractivity contribution in [1.82, 2.24) is 28.6 Å². The number of hydrogen-bond acceptors (Lipinski definition) is 4. The molecule has 1 saturated heterocycles. The summed E-state index contributed by atoms with van der Waals surface area (Å²) in [7, 11) is 2.09. The lowest BCUT2D eigenvalue weighted by molar-refractivity contribution is 0.231. The molecule has 1 atom stereocenters. The largest absolute Gasteiger partial charge is 0.353 e. The van der Waals surface area contributed by atoms with Crippen LogP contribution in [0.1, 0.15) is 56.2 Å². The molecule has 5 rings (SSSR count). The molecule has 8 nitrogen and oxygen atoms in total. The number of aryl methyl sites for hydroxylation is 2. The van der Waals surface area contributed by atoms with E-state index in [2.05, 4.69) is 58.2 Å². The third kappa shape index (κ3) is 4.62. The van der Waals surface area contributed by atoms with Crippen LogP contribution in [0, 0.1) is 5.92 Å². The molecular weight excluding hydrogens is 440 g/mol. The molecule has 0 amide bonds. The highest BCUT2D eigenvalue weighted by atomic mass is 16.2. The monoisotopic (exact) mass is 474 g/mol. The van der Waals surface area contributed by atoms with Gasteiger partial charge in [-0.25, -0.2) is 9.78 Å². The topological polar surface area (TPSA) is 80.8 Å². The Morgan fingerprint density at radius 1 is 1.06 bits per heavy atom. The van der Waals surface area contributed by atoms with Crippen LogP contribution >= 0.6 is 0 Å². The van der Waals surface area contributed by atoms with Crippen molar-refractivity contribution >= 4 is 11.2 Å². The Bertz CT molecular complexity index is 1430. The molecule has 8 heteroatoms. The first-order valence-corrected chi connectivity index (χ1v) is 12.5. The minimum Gasteiger partial charge on any atom is -0.353 e. The summed E-state index contributed by atoms with van der Waals surface area (Å²) >= 11 is 0. The summed E-state index contributed by atoms with van der Waals surface area (Å²) in [5, 5.41) is 0. The molecular formula is C27H34N6O2. The highest BCUT2D eigenvalue weighted by molar-refractivity contribution is 5.71. The van der Waals surface area contributed by atoms with Crippen molar-refractivity contribution in [1.29, 1.82) is 0 Å². The van der Waals surface area contributed by atoms with E-state index in [9.17, 15) is 9.59 Å². The molecule has 1 N–H and O–H groups in total. The molecule has 1 aliphatic rings. The zero-order valence-electron chi connectivity index (χ0n) is 20.8. The summed E-state index contributed by atoms with van der Waals surface area (Å²) in [6.45, 7) is 7.04. The van der Waals surface area contributed by atoms with Gasteiger partial charge in [0.2, 0.25) is 0 Å². The van der Waals surface area contributed by atoms with Crippen molar-refractivity contribution < 1.29 is 0 Å². The second-order valence-corrected chi connectivity index (χ2v) is 10.0. The highest BCUT2D eigenvalue weighted by Gasteiger charge is 2.30. The Labute approximate surface area is 204 Å². The van der Waals surface area contributed by atoms with Crippen LogP contribution in [0.5, 0.6) is 0 Å². The SMILES string of the molecule is CC(C)CCn1c(CN2CCC[C@@H]2c2cccn2C)nc2c1c(=O)[nH]c(=O)n2Cc1ccccc1. The van der Waals surface area contributed by atoms with Crippen LogP contribution in [-0.2, 0) is 26.7 Å². The number of aromatic nitrogens is 5. The number of nitrogens with zero attached hydrogens (tertiary/aromatic N) is 5. The average Bonchev–Trinajstić information content (AvgIpc) is 3.55. The van der Waals surface area contributed by atoms with E-state index >= 15 is 0 Å². The molecule has 0 aliphatic carbocycles. The van der Waals surface area contributed by atoms with E-state index in [-0.39, 0.29) is 5.56 Å². The number of nitrogens with one attached hydrogen (secondary N) is 1. The standard InChI is InChI=1S/C27H34N6O2/c1-19(2)13-16-32-23(18-31-15-8-12-22(31)21-11-7-14-30(21)3)28-25-24(32)26(34)29-27(35)33(25)17-20-9-5-4-6-10-20/h4-7,9-11,14,19,22H,8,12-13,15-18H2,1-3H3,(H,29,34,35)/t22-/m1/s1. The second-order valence-electron chi connectivity index (χ2n) is 10.0. The molecule has 0 saturated carbocycles. The first kappa shape index (κ1) is 23.4. The van der Waals surface area contributed by atoms with E-state index in [1.54, 1.807) is 4.57 Å². The van der Waals surface area contributed by atoms with Crippen LogP contribution in [0.3, 0.4) is 0 Å². The molecule has 184 valence electrons.